The fraction of sp³-hybridized carbons (Fsp3) is 0.588. The van der Waals surface area contributed by atoms with Crippen molar-refractivity contribution in [1.29, 1.82) is 0 Å². The van der Waals surface area contributed by atoms with Gasteiger partial charge in [-0.05, 0) is 25.2 Å². The molecular weight excluding hydrogens is 266 g/mol. The van der Waals surface area contributed by atoms with Gasteiger partial charge in [0.1, 0.15) is 5.78 Å². The maximum absolute atomic E-state index is 12.6. The van der Waals surface area contributed by atoms with Crippen LogP contribution in [0.2, 0.25) is 0 Å². The molecule has 4 nitrogen and oxygen atoms in total. The number of ketones is 2. The highest BCUT2D eigenvalue weighted by atomic mass is 16.2. The van der Waals surface area contributed by atoms with E-state index < -0.39 is 0 Å². The highest BCUT2D eigenvalue weighted by molar-refractivity contribution is 5.94. The van der Waals surface area contributed by atoms with Crippen molar-refractivity contribution in [2.24, 2.45) is 17.3 Å². The second-order valence-corrected chi connectivity index (χ2v) is 7.26. The van der Waals surface area contributed by atoms with E-state index in [4.69, 9.17) is 0 Å². The Kier molecular flexibility index (Phi) is 3.15. The van der Waals surface area contributed by atoms with E-state index in [0.717, 1.165) is 5.70 Å². The maximum atomic E-state index is 12.6. The fourth-order valence-corrected chi connectivity index (χ4v) is 3.85. The number of rotatable bonds is 2. The molecule has 1 saturated heterocycles. The van der Waals surface area contributed by atoms with Crippen molar-refractivity contribution in [1.82, 2.24) is 4.90 Å². The molecule has 1 amide bonds. The van der Waals surface area contributed by atoms with Crippen molar-refractivity contribution < 1.29 is 14.4 Å². The molecule has 112 valence electrons. The van der Waals surface area contributed by atoms with Crippen LogP contribution in [0, 0.1) is 17.3 Å². The molecule has 4 heteroatoms. The van der Waals surface area contributed by atoms with Crippen LogP contribution in [-0.4, -0.2) is 28.4 Å². The highest BCUT2D eigenvalue weighted by Crippen LogP contribution is 2.42. The first-order chi connectivity index (χ1) is 9.78. The quantitative estimate of drug-likeness (QED) is 0.732. The Morgan fingerprint density at radius 1 is 1.24 bits per heavy atom. The van der Waals surface area contributed by atoms with Gasteiger partial charge < -0.3 is 4.90 Å². The summed E-state index contributed by atoms with van der Waals surface area (Å²) >= 11 is 0. The fourth-order valence-electron chi connectivity index (χ4n) is 3.85. The average molecular weight is 287 g/mol. The monoisotopic (exact) mass is 287 g/mol. The number of carbonyl (C=O) groups is 3. The Morgan fingerprint density at radius 2 is 1.95 bits per heavy atom. The van der Waals surface area contributed by atoms with Gasteiger partial charge in [-0.25, -0.2) is 0 Å². The predicted octanol–water partition coefficient (Wildman–Crippen LogP) is 2.25. The zero-order valence-corrected chi connectivity index (χ0v) is 12.8. The largest absolute Gasteiger partial charge is 0.308 e. The maximum Gasteiger partial charge on any atom is 0.234 e. The third kappa shape index (κ3) is 2.37. The molecule has 4 rings (SSSR count). The first-order valence-corrected chi connectivity index (χ1v) is 7.54. The molecule has 0 unspecified atom stereocenters. The van der Waals surface area contributed by atoms with Crippen LogP contribution in [-0.2, 0) is 14.4 Å². The van der Waals surface area contributed by atoms with Crippen LogP contribution in [0.3, 0.4) is 0 Å². The second-order valence-electron chi connectivity index (χ2n) is 7.26. The van der Waals surface area contributed by atoms with E-state index in [1.807, 2.05) is 26.0 Å². The standard InChI is InChI=1S/C17H21NO3/c1-10(19)14-6-11-4-5-15(14)18(16(11)21)12-7-13(20)9-17(2,3)8-12/h4-5,7,11,14-15H,6,8-9H2,1-3H3/t11-,14+,15-/m0/s1. The van der Waals surface area contributed by atoms with Crippen molar-refractivity contribution in [3.8, 4) is 0 Å². The molecule has 2 bridgehead atoms. The van der Waals surface area contributed by atoms with E-state index in [0.29, 0.717) is 19.3 Å². The summed E-state index contributed by atoms with van der Waals surface area (Å²) in [5, 5.41) is 0. The first-order valence-electron chi connectivity index (χ1n) is 7.54. The van der Waals surface area contributed by atoms with Gasteiger partial charge in [-0.1, -0.05) is 26.0 Å². The van der Waals surface area contributed by atoms with E-state index in [9.17, 15) is 14.4 Å². The van der Waals surface area contributed by atoms with Gasteiger partial charge >= 0.3 is 0 Å². The third-order valence-corrected chi connectivity index (χ3v) is 4.79. The highest BCUT2D eigenvalue weighted by Gasteiger charge is 2.47. The molecule has 0 aromatic rings. The summed E-state index contributed by atoms with van der Waals surface area (Å²) in [4.78, 5) is 38.1. The summed E-state index contributed by atoms with van der Waals surface area (Å²) in [7, 11) is 0. The van der Waals surface area contributed by atoms with Crippen LogP contribution < -0.4 is 0 Å². The SMILES string of the molecule is CC(=O)[C@H]1C[C@@H]2C=C[C@@H]1N(C1=CC(=O)CC(C)(C)C1)C2=O. The van der Waals surface area contributed by atoms with Gasteiger partial charge in [-0.3, -0.25) is 14.4 Å². The third-order valence-electron chi connectivity index (χ3n) is 4.79. The number of carbonyl (C=O) groups excluding carboxylic acids is 3. The Bertz CT molecular complexity index is 585. The van der Waals surface area contributed by atoms with E-state index >= 15 is 0 Å². The van der Waals surface area contributed by atoms with E-state index in [2.05, 4.69) is 0 Å². The number of hydrogen-bond acceptors (Lipinski definition) is 3. The molecular formula is C17H21NO3. The van der Waals surface area contributed by atoms with Gasteiger partial charge in [0.2, 0.25) is 5.91 Å². The van der Waals surface area contributed by atoms with Crippen molar-refractivity contribution in [3.63, 3.8) is 0 Å². The minimum atomic E-state index is -0.218. The Labute approximate surface area is 124 Å². The predicted molar refractivity (Wildman–Crippen MR) is 78.2 cm³/mol. The van der Waals surface area contributed by atoms with Crippen molar-refractivity contribution >= 4 is 17.5 Å². The topological polar surface area (TPSA) is 54.5 Å². The molecule has 0 radical (unpaired) electrons. The van der Waals surface area contributed by atoms with Crippen LogP contribution in [0.25, 0.3) is 0 Å². The molecule has 2 aliphatic carbocycles. The zero-order chi connectivity index (χ0) is 15.4. The zero-order valence-electron chi connectivity index (χ0n) is 12.8. The van der Waals surface area contributed by atoms with Crippen molar-refractivity contribution in [2.45, 2.75) is 46.1 Å². The minimum Gasteiger partial charge on any atom is -0.308 e. The summed E-state index contributed by atoms with van der Waals surface area (Å²) in [5.41, 5.74) is 0.652. The summed E-state index contributed by atoms with van der Waals surface area (Å²) in [6, 6.07) is -0.215. The van der Waals surface area contributed by atoms with Crippen LogP contribution in [0.5, 0.6) is 0 Å². The lowest BCUT2D eigenvalue weighted by Gasteiger charge is -2.47. The van der Waals surface area contributed by atoms with Gasteiger partial charge in [-0.15, -0.1) is 0 Å². The first kappa shape index (κ1) is 14.2. The summed E-state index contributed by atoms with van der Waals surface area (Å²) in [6.45, 7) is 5.68. The van der Waals surface area contributed by atoms with Crippen LogP contribution in [0.15, 0.2) is 23.9 Å². The van der Waals surface area contributed by atoms with Crippen LogP contribution >= 0.6 is 0 Å². The van der Waals surface area contributed by atoms with Gasteiger partial charge in [0.25, 0.3) is 0 Å². The molecule has 0 aromatic heterocycles. The smallest absolute Gasteiger partial charge is 0.234 e. The second kappa shape index (κ2) is 4.65. The Morgan fingerprint density at radius 3 is 2.57 bits per heavy atom. The molecule has 4 aliphatic rings. The lowest BCUT2D eigenvalue weighted by atomic mass is 9.73. The molecule has 1 fully saturated rings. The van der Waals surface area contributed by atoms with Crippen LogP contribution in [0.4, 0.5) is 0 Å². The van der Waals surface area contributed by atoms with E-state index in [1.54, 1.807) is 17.9 Å². The Balaban J connectivity index is 1.98. The van der Waals surface area contributed by atoms with E-state index in [1.165, 1.54) is 0 Å². The van der Waals surface area contributed by atoms with Crippen molar-refractivity contribution in [2.75, 3.05) is 0 Å². The molecule has 0 spiro atoms. The number of allylic oxidation sites excluding steroid dienone is 2. The van der Waals surface area contributed by atoms with Crippen LogP contribution in [0.1, 0.15) is 40.0 Å². The number of hydrogen-bond donors (Lipinski definition) is 0. The number of Topliss-reactive ketones (excluding diaryl/α,β-unsaturated/α-hetero) is 1. The summed E-state index contributed by atoms with van der Waals surface area (Å²) in [5.74, 6) is -0.131. The van der Waals surface area contributed by atoms with Crippen molar-refractivity contribution in [3.05, 3.63) is 23.9 Å². The van der Waals surface area contributed by atoms with Gasteiger partial charge in [0.15, 0.2) is 5.78 Å². The minimum absolute atomic E-state index is 0.0387. The molecule has 2 aliphatic heterocycles. The average Bonchev–Trinajstić information content (AvgIpc) is 2.36. The molecule has 3 atom stereocenters. The van der Waals surface area contributed by atoms with Gasteiger partial charge in [-0.2, -0.15) is 0 Å². The van der Waals surface area contributed by atoms with E-state index in [-0.39, 0.29) is 40.8 Å². The number of fused-ring (bicyclic) bond motifs is 2. The molecule has 21 heavy (non-hydrogen) atoms. The summed E-state index contributed by atoms with van der Waals surface area (Å²) in [6.07, 6.45) is 7.31. The molecule has 0 aromatic carbocycles. The number of piperidine rings is 1. The van der Waals surface area contributed by atoms with Gasteiger partial charge in [0, 0.05) is 24.1 Å². The number of amides is 1. The molecule has 0 N–H and O–H groups in total. The number of nitrogens with zero attached hydrogens (tertiary/aromatic N) is 1. The Hall–Kier alpha value is -1.71. The molecule has 2 heterocycles. The lowest BCUT2D eigenvalue weighted by Crippen LogP contribution is -2.55. The normalized spacial score (nSPS) is 34.1. The summed E-state index contributed by atoms with van der Waals surface area (Å²) < 4.78 is 0. The van der Waals surface area contributed by atoms with Gasteiger partial charge in [0.05, 0.1) is 12.0 Å². The lowest BCUT2D eigenvalue weighted by molar-refractivity contribution is -0.142. The molecule has 0 saturated carbocycles.